The Hall–Kier alpha value is -1.56. The van der Waals surface area contributed by atoms with E-state index in [1.807, 2.05) is 11.7 Å². The Morgan fingerprint density at radius 1 is 1.45 bits per heavy atom. The zero-order valence-corrected chi connectivity index (χ0v) is 12.2. The minimum Gasteiger partial charge on any atom is -0.369 e. The minimum absolute atomic E-state index is 0.0329. The quantitative estimate of drug-likeness (QED) is 0.811. The van der Waals surface area contributed by atoms with E-state index in [0.717, 1.165) is 31.0 Å². The summed E-state index contributed by atoms with van der Waals surface area (Å²) < 4.78 is 1.93. The van der Waals surface area contributed by atoms with E-state index in [1.165, 1.54) is 18.4 Å². The average molecular weight is 277 g/mol. The molecule has 6 heteroatoms. The minimum atomic E-state index is -0.191. The molecule has 0 aromatic carbocycles. The molecule has 1 aromatic rings. The molecule has 1 saturated carbocycles. The number of rotatable bonds is 5. The Labute approximate surface area is 119 Å². The number of amides is 1. The third kappa shape index (κ3) is 2.52. The molecule has 1 unspecified atom stereocenters. The first-order valence-corrected chi connectivity index (χ1v) is 7.36. The second-order valence-corrected chi connectivity index (χ2v) is 6.00. The summed E-state index contributed by atoms with van der Waals surface area (Å²) in [6, 6.07) is 0.680. The molecule has 3 N–H and O–H groups in total. The highest BCUT2D eigenvalue weighted by molar-refractivity contribution is 5.78. The molecule has 0 spiro atoms. The molecule has 0 bridgehead atoms. The largest absolute Gasteiger partial charge is 0.369 e. The Morgan fingerprint density at radius 3 is 2.80 bits per heavy atom. The molecule has 110 valence electrons. The number of primary amides is 1. The summed E-state index contributed by atoms with van der Waals surface area (Å²) in [6.45, 7) is 4.50. The average Bonchev–Trinajstić information content (AvgIpc) is 3.00. The first kappa shape index (κ1) is 13.4. The van der Waals surface area contributed by atoms with E-state index < -0.39 is 0 Å². The van der Waals surface area contributed by atoms with Crippen molar-refractivity contribution in [3.05, 3.63) is 11.3 Å². The molecule has 2 aliphatic rings. The number of aryl methyl sites for hydroxylation is 2. The molecular formula is C14H23N5O. The molecule has 1 atom stereocenters. The molecule has 1 amide bonds. The maximum Gasteiger partial charge on any atom is 0.222 e. The fourth-order valence-electron chi connectivity index (χ4n) is 3.01. The molecule has 20 heavy (non-hydrogen) atoms. The van der Waals surface area contributed by atoms with Gasteiger partial charge in [0.15, 0.2) is 0 Å². The van der Waals surface area contributed by atoms with Gasteiger partial charge >= 0.3 is 0 Å². The van der Waals surface area contributed by atoms with Crippen LogP contribution in [-0.2, 0) is 18.4 Å². The highest BCUT2D eigenvalue weighted by Gasteiger charge is 2.31. The van der Waals surface area contributed by atoms with Gasteiger partial charge in [-0.15, -0.1) is 0 Å². The summed E-state index contributed by atoms with van der Waals surface area (Å²) in [5.74, 6) is 0.915. The van der Waals surface area contributed by atoms with Crippen LogP contribution in [0, 0.1) is 12.8 Å². The summed E-state index contributed by atoms with van der Waals surface area (Å²) in [4.78, 5) is 13.6. The number of hydrogen-bond acceptors (Lipinski definition) is 4. The Balaban J connectivity index is 1.79. The molecule has 1 aromatic heterocycles. The third-order valence-electron chi connectivity index (χ3n) is 4.35. The zero-order chi connectivity index (χ0) is 14.3. The fourth-order valence-corrected chi connectivity index (χ4v) is 3.01. The summed E-state index contributed by atoms with van der Waals surface area (Å²) >= 11 is 0. The fraction of sp³-hybridized carbons (Fsp3) is 0.714. The molecule has 0 radical (unpaired) electrons. The van der Waals surface area contributed by atoms with E-state index in [9.17, 15) is 4.79 Å². The third-order valence-corrected chi connectivity index (χ3v) is 4.35. The SMILES string of the molecule is Cc1nn(C)c(N2CCC(C(N)=O)C2)c1CNC1CC1. The van der Waals surface area contributed by atoms with Gasteiger partial charge in [0, 0.05) is 38.3 Å². The summed E-state index contributed by atoms with van der Waals surface area (Å²) in [5, 5.41) is 8.10. The van der Waals surface area contributed by atoms with Crippen molar-refractivity contribution in [1.82, 2.24) is 15.1 Å². The van der Waals surface area contributed by atoms with Crippen molar-refractivity contribution in [1.29, 1.82) is 0 Å². The van der Waals surface area contributed by atoms with Gasteiger partial charge in [0.25, 0.3) is 0 Å². The second kappa shape index (κ2) is 5.09. The maximum absolute atomic E-state index is 11.3. The van der Waals surface area contributed by atoms with Crippen LogP contribution in [-0.4, -0.2) is 34.8 Å². The zero-order valence-electron chi connectivity index (χ0n) is 12.2. The van der Waals surface area contributed by atoms with Crippen molar-refractivity contribution in [2.75, 3.05) is 18.0 Å². The van der Waals surface area contributed by atoms with Crippen molar-refractivity contribution in [2.45, 2.75) is 38.8 Å². The van der Waals surface area contributed by atoms with E-state index >= 15 is 0 Å². The van der Waals surface area contributed by atoms with Crippen LogP contribution in [0.3, 0.4) is 0 Å². The van der Waals surface area contributed by atoms with Crippen molar-refractivity contribution in [2.24, 2.45) is 18.7 Å². The molecule has 1 aliphatic heterocycles. The van der Waals surface area contributed by atoms with Gasteiger partial charge < -0.3 is 16.0 Å². The molecule has 2 fully saturated rings. The normalized spacial score (nSPS) is 22.5. The summed E-state index contributed by atoms with van der Waals surface area (Å²) in [5.41, 5.74) is 7.75. The van der Waals surface area contributed by atoms with Crippen molar-refractivity contribution < 1.29 is 4.79 Å². The molecule has 2 heterocycles. The molecular weight excluding hydrogens is 254 g/mol. The van der Waals surface area contributed by atoms with E-state index in [2.05, 4.69) is 22.2 Å². The smallest absolute Gasteiger partial charge is 0.222 e. The molecule has 6 nitrogen and oxygen atoms in total. The van der Waals surface area contributed by atoms with Crippen LogP contribution in [0.4, 0.5) is 5.82 Å². The van der Waals surface area contributed by atoms with E-state index in [-0.39, 0.29) is 11.8 Å². The van der Waals surface area contributed by atoms with Crippen LogP contribution in [0.25, 0.3) is 0 Å². The maximum atomic E-state index is 11.3. The Bertz CT molecular complexity index is 520. The van der Waals surface area contributed by atoms with Gasteiger partial charge in [-0.1, -0.05) is 0 Å². The number of carbonyl (C=O) groups excluding carboxylic acids is 1. The van der Waals surface area contributed by atoms with Gasteiger partial charge in [0.1, 0.15) is 5.82 Å². The highest BCUT2D eigenvalue weighted by Crippen LogP contribution is 2.29. The van der Waals surface area contributed by atoms with Crippen LogP contribution in [0.1, 0.15) is 30.5 Å². The predicted molar refractivity (Wildman–Crippen MR) is 77.3 cm³/mol. The van der Waals surface area contributed by atoms with Crippen LogP contribution in [0.5, 0.6) is 0 Å². The molecule has 3 rings (SSSR count). The lowest BCUT2D eigenvalue weighted by atomic mass is 10.1. The van der Waals surface area contributed by atoms with E-state index in [1.54, 1.807) is 0 Å². The van der Waals surface area contributed by atoms with Crippen LogP contribution in [0.2, 0.25) is 0 Å². The lowest BCUT2D eigenvalue weighted by molar-refractivity contribution is -0.121. The monoisotopic (exact) mass is 277 g/mol. The second-order valence-electron chi connectivity index (χ2n) is 6.00. The highest BCUT2D eigenvalue weighted by atomic mass is 16.1. The Kier molecular flexibility index (Phi) is 3.41. The summed E-state index contributed by atoms with van der Waals surface area (Å²) in [6.07, 6.45) is 3.40. The molecule has 1 aliphatic carbocycles. The Morgan fingerprint density at radius 2 is 2.20 bits per heavy atom. The van der Waals surface area contributed by atoms with Crippen LogP contribution >= 0.6 is 0 Å². The van der Waals surface area contributed by atoms with Crippen LogP contribution in [0.15, 0.2) is 0 Å². The number of nitrogens with two attached hydrogens (primary N) is 1. The topological polar surface area (TPSA) is 76.2 Å². The number of nitrogens with one attached hydrogen (secondary N) is 1. The first-order chi connectivity index (χ1) is 9.56. The van der Waals surface area contributed by atoms with Crippen LogP contribution < -0.4 is 16.0 Å². The van der Waals surface area contributed by atoms with Crippen molar-refractivity contribution in [3.63, 3.8) is 0 Å². The van der Waals surface area contributed by atoms with Gasteiger partial charge in [-0.2, -0.15) is 5.10 Å². The number of nitrogens with zero attached hydrogens (tertiary/aromatic N) is 3. The van der Waals surface area contributed by atoms with Gasteiger partial charge in [-0.25, -0.2) is 0 Å². The van der Waals surface area contributed by atoms with Gasteiger partial charge in [0.05, 0.1) is 11.6 Å². The lowest BCUT2D eigenvalue weighted by Crippen LogP contribution is -2.29. The van der Waals surface area contributed by atoms with E-state index in [4.69, 9.17) is 5.73 Å². The van der Waals surface area contributed by atoms with Gasteiger partial charge in [0.2, 0.25) is 5.91 Å². The van der Waals surface area contributed by atoms with Gasteiger partial charge in [-0.05, 0) is 26.2 Å². The lowest BCUT2D eigenvalue weighted by Gasteiger charge is -2.20. The van der Waals surface area contributed by atoms with E-state index in [0.29, 0.717) is 12.6 Å². The predicted octanol–water partition coefficient (Wildman–Crippen LogP) is 0.292. The van der Waals surface area contributed by atoms with Crippen molar-refractivity contribution >= 4 is 11.7 Å². The standard InChI is InChI=1S/C14H23N5O/c1-9-12(7-16-11-3-4-11)14(18(2)17-9)19-6-5-10(8-19)13(15)20/h10-11,16H,3-8H2,1-2H3,(H2,15,20). The number of anilines is 1. The molecule has 1 saturated heterocycles. The van der Waals surface area contributed by atoms with Gasteiger partial charge in [-0.3, -0.25) is 9.48 Å². The first-order valence-electron chi connectivity index (χ1n) is 7.36. The van der Waals surface area contributed by atoms with Crippen molar-refractivity contribution in [3.8, 4) is 0 Å². The summed E-state index contributed by atoms with van der Waals surface area (Å²) in [7, 11) is 1.97. The number of aromatic nitrogens is 2. The number of hydrogen-bond donors (Lipinski definition) is 2. The number of carbonyl (C=O) groups is 1.